The Balaban J connectivity index is 1.62. The van der Waals surface area contributed by atoms with E-state index in [4.69, 9.17) is 14.7 Å². The molecule has 1 aliphatic heterocycles. The molecule has 4 aromatic rings. The number of carboxylic acids is 1. The highest BCUT2D eigenvalue weighted by Gasteiger charge is 2.32. The molecule has 216 valence electrons. The third kappa shape index (κ3) is 6.42. The van der Waals surface area contributed by atoms with Gasteiger partial charge in [0.05, 0.1) is 15.8 Å². The molecular formula is C32H39N5O3S. The lowest BCUT2D eigenvalue weighted by molar-refractivity contribution is -0.160. The summed E-state index contributed by atoms with van der Waals surface area (Å²) in [6, 6.07) is 12.1. The molecule has 1 aliphatic rings. The maximum atomic E-state index is 12.6. The normalized spacial score (nSPS) is 16.6. The number of fused-ring (bicyclic) bond motifs is 1. The fourth-order valence-electron chi connectivity index (χ4n) is 5.55. The smallest absolute Gasteiger partial charge is 0.337 e. The molecule has 3 heterocycles. The van der Waals surface area contributed by atoms with Gasteiger partial charge in [-0.2, -0.15) is 0 Å². The third-order valence-electron chi connectivity index (χ3n) is 7.28. The lowest BCUT2D eigenvalue weighted by Gasteiger charge is -2.28. The lowest BCUT2D eigenvalue weighted by Crippen LogP contribution is -2.28. The molecule has 2 aromatic heterocycles. The zero-order valence-electron chi connectivity index (χ0n) is 24.9. The summed E-state index contributed by atoms with van der Waals surface area (Å²) in [6.45, 7) is 12.5. The van der Waals surface area contributed by atoms with Gasteiger partial charge in [0.25, 0.3) is 0 Å². The fourth-order valence-corrected chi connectivity index (χ4v) is 6.65. The molecule has 9 heteroatoms. The number of anilines is 1. The van der Waals surface area contributed by atoms with Crippen LogP contribution in [0, 0.1) is 19.8 Å². The molecule has 0 unspecified atom stereocenters. The summed E-state index contributed by atoms with van der Waals surface area (Å²) in [4.78, 5) is 31.6. The molecule has 2 aromatic carbocycles. The molecule has 5 rings (SSSR count). The SMILES string of the molecule is Cc1ccc(-c2c([C@H](OC(C)(C)C)C(=O)O)c(C)cc3nc(-c4ccnc(N5CC[C@@H](CN(C)C)C5)n4)sc23)cc1. The molecule has 0 amide bonds. The highest BCUT2D eigenvalue weighted by atomic mass is 32.1. The van der Waals surface area contributed by atoms with Crippen molar-refractivity contribution in [2.45, 2.75) is 52.7 Å². The zero-order chi connectivity index (χ0) is 29.5. The second-order valence-electron chi connectivity index (χ2n) is 12.3. The van der Waals surface area contributed by atoms with Gasteiger partial charge in [-0.1, -0.05) is 29.8 Å². The number of aromatic nitrogens is 3. The van der Waals surface area contributed by atoms with Crippen molar-refractivity contribution in [3.63, 3.8) is 0 Å². The van der Waals surface area contributed by atoms with Crippen LogP contribution in [0.1, 0.15) is 50.0 Å². The number of thiazole rings is 1. The summed E-state index contributed by atoms with van der Waals surface area (Å²) >= 11 is 1.53. The van der Waals surface area contributed by atoms with Gasteiger partial charge in [-0.25, -0.2) is 19.7 Å². The number of carbonyl (C=O) groups is 1. The van der Waals surface area contributed by atoms with Crippen molar-refractivity contribution < 1.29 is 14.6 Å². The monoisotopic (exact) mass is 573 g/mol. The van der Waals surface area contributed by atoms with Crippen LogP contribution in [0.25, 0.3) is 32.0 Å². The molecule has 0 spiro atoms. The molecule has 8 nitrogen and oxygen atoms in total. The van der Waals surface area contributed by atoms with Crippen molar-refractivity contribution in [3.8, 4) is 21.8 Å². The first-order valence-electron chi connectivity index (χ1n) is 14.0. The number of carboxylic acid groups (broad SMARTS) is 1. The van der Waals surface area contributed by atoms with E-state index in [-0.39, 0.29) is 0 Å². The van der Waals surface area contributed by atoms with E-state index in [2.05, 4.69) is 28.9 Å². The maximum Gasteiger partial charge on any atom is 0.337 e. The van der Waals surface area contributed by atoms with Crippen molar-refractivity contribution in [2.24, 2.45) is 5.92 Å². The second kappa shape index (κ2) is 11.5. The number of rotatable bonds is 8. The standard InChI is InChI=1S/C32H39N5O3S/c1-19-8-10-22(11-9-19)26-25(27(30(38)39)40-32(3,4)5)20(2)16-24-28(26)41-29(34-24)23-12-14-33-31(35-23)37-15-13-21(18-37)17-36(6)7/h8-12,14,16,21,27H,13,15,17-18H2,1-7H3,(H,38,39)/t21-,27-/m0/s1. The van der Waals surface area contributed by atoms with E-state index in [1.807, 2.05) is 71.0 Å². The Morgan fingerprint density at radius 2 is 1.90 bits per heavy atom. The Morgan fingerprint density at radius 3 is 2.56 bits per heavy atom. The molecule has 1 fully saturated rings. The summed E-state index contributed by atoms with van der Waals surface area (Å²) in [7, 11) is 4.22. The molecule has 41 heavy (non-hydrogen) atoms. The zero-order valence-corrected chi connectivity index (χ0v) is 25.7. The van der Waals surface area contributed by atoms with Crippen LogP contribution in [0.2, 0.25) is 0 Å². The first kappa shape index (κ1) is 29.1. The van der Waals surface area contributed by atoms with Crippen LogP contribution in [0.15, 0.2) is 42.6 Å². The third-order valence-corrected chi connectivity index (χ3v) is 8.39. The molecule has 0 saturated carbocycles. The number of hydrogen-bond donors (Lipinski definition) is 1. The average molecular weight is 574 g/mol. The average Bonchev–Trinajstić information content (AvgIpc) is 3.53. The quantitative estimate of drug-likeness (QED) is 0.260. The minimum absolute atomic E-state index is 0.593. The van der Waals surface area contributed by atoms with Gasteiger partial charge in [0.2, 0.25) is 5.95 Å². The van der Waals surface area contributed by atoms with E-state index in [1.165, 1.54) is 11.3 Å². The van der Waals surface area contributed by atoms with Crippen LogP contribution >= 0.6 is 11.3 Å². The summed E-state index contributed by atoms with van der Waals surface area (Å²) in [6.07, 6.45) is 1.80. The summed E-state index contributed by atoms with van der Waals surface area (Å²) in [5, 5.41) is 11.1. The van der Waals surface area contributed by atoms with Crippen molar-refractivity contribution >= 4 is 33.5 Å². The van der Waals surface area contributed by atoms with Crippen LogP contribution in [-0.2, 0) is 9.53 Å². The van der Waals surface area contributed by atoms with Gasteiger partial charge >= 0.3 is 5.97 Å². The number of hydrogen-bond acceptors (Lipinski definition) is 8. The Kier molecular flexibility index (Phi) is 8.14. The van der Waals surface area contributed by atoms with Gasteiger partial charge in [0, 0.05) is 37.0 Å². The van der Waals surface area contributed by atoms with Gasteiger partial charge in [0.1, 0.15) is 10.7 Å². The van der Waals surface area contributed by atoms with Gasteiger partial charge in [-0.15, -0.1) is 11.3 Å². The molecule has 1 N–H and O–H groups in total. The van der Waals surface area contributed by atoms with Gasteiger partial charge < -0.3 is 19.6 Å². The number of aliphatic carboxylic acids is 1. The van der Waals surface area contributed by atoms with Crippen molar-refractivity contribution in [2.75, 3.05) is 38.6 Å². The predicted molar refractivity (Wildman–Crippen MR) is 166 cm³/mol. The van der Waals surface area contributed by atoms with E-state index in [9.17, 15) is 9.90 Å². The molecular weight excluding hydrogens is 534 g/mol. The molecule has 0 aliphatic carbocycles. The van der Waals surface area contributed by atoms with Gasteiger partial charge in [-0.3, -0.25) is 0 Å². The number of aryl methyl sites for hydroxylation is 2. The molecule has 1 saturated heterocycles. The molecule has 0 radical (unpaired) electrons. The van der Waals surface area contributed by atoms with Crippen LogP contribution in [-0.4, -0.2) is 70.3 Å². The first-order chi connectivity index (χ1) is 19.4. The van der Waals surface area contributed by atoms with Crippen LogP contribution in [0.5, 0.6) is 0 Å². The van der Waals surface area contributed by atoms with Crippen molar-refractivity contribution in [1.29, 1.82) is 0 Å². The maximum absolute atomic E-state index is 12.6. The van der Waals surface area contributed by atoms with E-state index >= 15 is 0 Å². The topological polar surface area (TPSA) is 91.7 Å². The number of ether oxygens (including phenoxy) is 1. The summed E-state index contributed by atoms with van der Waals surface area (Å²) in [5.41, 5.74) is 5.34. The highest BCUT2D eigenvalue weighted by Crippen LogP contribution is 2.44. The first-order valence-corrected chi connectivity index (χ1v) is 14.9. The minimum atomic E-state index is -1.13. The lowest BCUT2D eigenvalue weighted by atomic mass is 9.91. The van der Waals surface area contributed by atoms with Crippen LogP contribution in [0.4, 0.5) is 5.95 Å². The van der Waals surface area contributed by atoms with E-state index in [0.717, 1.165) is 75.2 Å². The number of benzene rings is 2. The second-order valence-corrected chi connectivity index (χ2v) is 13.3. The van der Waals surface area contributed by atoms with Crippen LogP contribution in [0.3, 0.4) is 0 Å². The van der Waals surface area contributed by atoms with E-state index in [1.54, 1.807) is 6.20 Å². The Labute approximate surface area is 246 Å². The Hall–Kier alpha value is -3.40. The summed E-state index contributed by atoms with van der Waals surface area (Å²) in [5.74, 6) is 0.304. The minimum Gasteiger partial charge on any atom is -0.479 e. The molecule has 0 bridgehead atoms. The summed E-state index contributed by atoms with van der Waals surface area (Å²) < 4.78 is 7.07. The largest absolute Gasteiger partial charge is 0.479 e. The number of nitrogens with zero attached hydrogens (tertiary/aromatic N) is 5. The van der Waals surface area contributed by atoms with Crippen LogP contribution < -0.4 is 4.90 Å². The van der Waals surface area contributed by atoms with Crippen molar-refractivity contribution in [3.05, 3.63) is 59.3 Å². The van der Waals surface area contributed by atoms with Crippen molar-refractivity contribution in [1.82, 2.24) is 19.9 Å². The Bertz CT molecular complexity index is 1560. The predicted octanol–water partition coefficient (Wildman–Crippen LogP) is 6.37. The van der Waals surface area contributed by atoms with E-state index < -0.39 is 17.7 Å². The fraction of sp³-hybridized carbons (Fsp3) is 0.438. The highest BCUT2D eigenvalue weighted by molar-refractivity contribution is 7.22. The van der Waals surface area contributed by atoms with E-state index in [0.29, 0.717) is 11.5 Å². The Morgan fingerprint density at radius 1 is 1.17 bits per heavy atom. The molecule has 2 atom stereocenters. The van der Waals surface area contributed by atoms with Gasteiger partial charge in [-0.05, 0) is 84.3 Å². The van der Waals surface area contributed by atoms with Gasteiger partial charge in [0.15, 0.2) is 6.10 Å².